The van der Waals surface area contributed by atoms with Gasteiger partial charge in [-0.05, 0) is 31.9 Å². The fourth-order valence-corrected chi connectivity index (χ4v) is 5.07. The summed E-state index contributed by atoms with van der Waals surface area (Å²) in [5.74, 6) is 0. The van der Waals surface area contributed by atoms with Crippen LogP contribution in [-0.2, 0) is 16.7 Å². The summed E-state index contributed by atoms with van der Waals surface area (Å²) in [5, 5.41) is 0. The van der Waals surface area contributed by atoms with E-state index in [1.165, 1.54) is 114 Å². The summed E-state index contributed by atoms with van der Waals surface area (Å²) in [6, 6.07) is 16.7. The van der Waals surface area contributed by atoms with E-state index in [-0.39, 0.29) is 4.90 Å². The van der Waals surface area contributed by atoms with Gasteiger partial charge in [-0.25, -0.2) is 8.42 Å². The molecule has 0 unspecified atom stereocenters. The van der Waals surface area contributed by atoms with Crippen LogP contribution in [-0.4, -0.2) is 38.1 Å². The van der Waals surface area contributed by atoms with E-state index in [4.69, 9.17) is 0 Å². The molecule has 210 valence electrons. The smallest absolute Gasteiger partial charge is 0.124 e. The van der Waals surface area contributed by atoms with E-state index < -0.39 is 10.1 Å². The Balaban J connectivity index is 0.000000516. The van der Waals surface area contributed by atoms with Crippen LogP contribution in [0, 0.1) is 6.92 Å². The van der Waals surface area contributed by atoms with Crippen molar-refractivity contribution in [2.75, 3.05) is 20.6 Å². The predicted octanol–water partition coefficient (Wildman–Crippen LogP) is 8.64. The van der Waals surface area contributed by atoms with Crippen LogP contribution in [0.2, 0.25) is 0 Å². The molecule has 0 radical (unpaired) electrons. The molecule has 0 spiro atoms. The SMILES string of the molecule is CCCCCCCCCCCCCCCC[N+](C)(C)Cc1ccccc1.Cc1ccc(S(=O)(=O)[O-])cc1. The van der Waals surface area contributed by atoms with E-state index in [1.807, 2.05) is 6.92 Å². The molecule has 0 bridgehead atoms. The molecule has 0 aromatic heterocycles. The number of hydrogen-bond donors (Lipinski definition) is 0. The second kappa shape index (κ2) is 19.4. The summed E-state index contributed by atoms with van der Waals surface area (Å²) < 4.78 is 32.3. The fraction of sp³-hybridized carbons (Fsp3) is 0.625. The molecular formula is C32H53NO3S. The van der Waals surface area contributed by atoms with E-state index in [0.29, 0.717) is 0 Å². The molecule has 4 nitrogen and oxygen atoms in total. The first-order valence-electron chi connectivity index (χ1n) is 14.5. The average Bonchev–Trinajstić information content (AvgIpc) is 2.85. The first-order valence-corrected chi connectivity index (χ1v) is 15.9. The molecule has 0 fully saturated rings. The molecule has 0 heterocycles. The maximum absolute atomic E-state index is 10.4. The van der Waals surface area contributed by atoms with Crippen LogP contribution in [0.5, 0.6) is 0 Å². The third-order valence-electron chi connectivity index (χ3n) is 6.88. The van der Waals surface area contributed by atoms with E-state index >= 15 is 0 Å². The highest BCUT2D eigenvalue weighted by atomic mass is 32.2. The van der Waals surface area contributed by atoms with Crippen molar-refractivity contribution in [2.45, 2.75) is 115 Å². The Hall–Kier alpha value is -1.69. The van der Waals surface area contributed by atoms with Crippen LogP contribution in [0.1, 0.15) is 108 Å². The number of nitrogens with zero attached hydrogens (tertiary/aromatic N) is 1. The Morgan fingerprint density at radius 1 is 0.649 bits per heavy atom. The van der Waals surface area contributed by atoms with Gasteiger partial charge in [0, 0.05) is 5.56 Å². The summed E-state index contributed by atoms with van der Waals surface area (Å²) >= 11 is 0. The Morgan fingerprint density at radius 2 is 1.08 bits per heavy atom. The van der Waals surface area contributed by atoms with Crippen molar-refractivity contribution in [3.8, 4) is 0 Å². The van der Waals surface area contributed by atoms with Gasteiger partial charge in [0.15, 0.2) is 0 Å². The van der Waals surface area contributed by atoms with Crippen molar-refractivity contribution in [3.63, 3.8) is 0 Å². The third-order valence-corrected chi connectivity index (χ3v) is 7.73. The highest BCUT2D eigenvalue weighted by Crippen LogP contribution is 2.15. The molecule has 0 amide bonds. The third kappa shape index (κ3) is 18.2. The molecule has 0 N–H and O–H groups in total. The van der Waals surface area contributed by atoms with Gasteiger partial charge >= 0.3 is 0 Å². The Labute approximate surface area is 228 Å². The molecule has 2 aromatic carbocycles. The second-order valence-electron chi connectivity index (χ2n) is 11.2. The fourth-order valence-electron chi connectivity index (χ4n) is 4.60. The van der Waals surface area contributed by atoms with E-state index in [9.17, 15) is 13.0 Å². The molecule has 0 aliphatic rings. The number of quaternary nitrogens is 1. The largest absolute Gasteiger partial charge is 0.744 e. The van der Waals surface area contributed by atoms with Gasteiger partial charge in [0.1, 0.15) is 16.7 Å². The lowest BCUT2D eigenvalue weighted by atomic mass is 10.0. The highest BCUT2D eigenvalue weighted by Gasteiger charge is 2.14. The van der Waals surface area contributed by atoms with Crippen LogP contribution in [0.3, 0.4) is 0 Å². The number of aryl methyl sites for hydroxylation is 1. The van der Waals surface area contributed by atoms with Crippen molar-refractivity contribution < 1.29 is 17.5 Å². The maximum Gasteiger partial charge on any atom is 0.124 e. The molecule has 0 atom stereocenters. The Morgan fingerprint density at radius 3 is 1.51 bits per heavy atom. The number of hydrogen-bond acceptors (Lipinski definition) is 3. The zero-order chi connectivity index (χ0) is 27.4. The molecular weight excluding hydrogens is 478 g/mol. The van der Waals surface area contributed by atoms with E-state index in [0.717, 1.165) is 16.6 Å². The van der Waals surface area contributed by atoms with Gasteiger partial charge in [-0.3, -0.25) is 0 Å². The van der Waals surface area contributed by atoms with Crippen molar-refractivity contribution in [2.24, 2.45) is 0 Å². The summed E-state index contributed by atoms with van der Waals surface area (Å²) in [6.45, 7) is 6.57. The normalized spacial score (nSPS) is 11.7. The molecule has 2 rings (SSSR count). The quantitative estimate of drug-likeness (QED) is 0.110. The van der Waals surface area contributed by atoms with Gasteiger partial charge in [-0.1, -0.05) is 132 Å². The van der Waals surface area contributed by atoms with Crippen LogP contribution < -0.4 is 0 Å². The summed E-state index contributed by atoms with van der Waals surface area (Å²) in [4.78, 5) is -0.178. The average molecular weight is 532 g/mol. The minimum Gasteiger partial charge on any atom is -0.744 e. The predicted molar refractivity (Wildman–Crippen MR) is 157 cm³/mol. The van der Waals surface area contributed by atoms with Crippen molar-refractivity contribution in [3.05, 3.63) is 65.7 Å². The number of rotatable bonds is 18. The van der Waals surface area contributed by atoms with Crippen LogP contribution in [0.4, 0.5) is 0 Å². The van der Waals surface area contributed by atoms with Gasteiger partial charge in [0.05, 0.1) is 25.5 Å². The van der Waals surface area contributed by atoms with Crippen molar-refractivity contribution in [1.82, 2.24) is 0 Å². The summed E-state index contributed by atoms with van der Waals surface area (Å²) in [6.07, 6.45) is 20.2. The number of benzene rings is 2. The molecule has 5 heteroatoms. The minimum absolute atomic E-state index is 0.178. The van der Waals surface area contributed by atoms with Gasteiger partial charge < -0.3 is 9.04 Å². The monoisotopic (exact) mass is 531 g/mol. The first kappa shape index (κ1) is 33.3. The van der Waals surface area contributed by atoms with E-state index in [2.05, 4.69) is 51.4 Å². The lowest BCUT2D eigenvalue weighted by Crippen LogP contribution is -2.39. The second-order valence-corrected chi connectivity index (χ2v) is 12.5. The molecule has 0 aliphatic heterocycles. The Bertz CT molecular complexity index is 909. The van der Waals surface area contributed by atoms with Crippen molar-refractivity contribution in [1.29, 1.82) is 0 Å². The summed E-state index contributed by atoms with van der Waals surface area (Å²) in [5.41, 5.74) is 2.39. The van der Waals surface area contributed by atoms with Gasteiger partial charge in [-0.15, -0.1) is 0 Å². The number of unbranched alkanes of at least 4 members (excludes halogenated alkanes) is 13. The minimum atomic E-state index is -4.27. The van der Waals surface area contributed by atoms with Crippen LogP contribution in [0.25, 0.3) is 0 Å². The van der Waals surface area contributed by atoms with Crippen LogP contribution in [0.15, 0.2) is 59.5 Å². The molecule has 0 saturated carbocycles. The standard InChI is InChI=1S/C25H46N.C7H8O3S/c1-4-5-6-7-8-9-10-11-12-13-14-15-16-20-23-26(2,3)24-25-21-18-17-19-22-25;1-6-2-4-7(5-3-6)11(8,9)10/h17-19,21-22H,4-16,20,23-24H2,1-3H3;2-5H,1H3,(H,8,9,10)/q+1;/p-1. The molecule has 0 saturated heterocycles. The zero-order valence-electron chi connectivity index (χ0n) is 24.1. The van der Waals surface area contributed by atoms with Gasteiger partial charge in [-0.2, -0.15) is 0 Å². The van der Waals surface area contributed by atoms with Crippen molar-refractivity contribution >= 4 is 10.1 Å². The Kier molecular flexibility index (Phi) is 17.5. The molecule has 0 aliphatic carbocycles. The first-order chi connectivity index (χ1) is 17.6. The lowest BCUT2D eigenvalue weighted by Gasteiger charge is -2.30. The lowest BCUT2D eigenvalue weighted by molar-refractivity contribution is -0.903. The molecule has 37 heavy (non-hydrogen) atoms. The zero-order valence-corrected chi connectivity index (χ0v) is 24.9. The van der Waals surface area contributed by atoms with Crippen LogP contribution >= 0.6 is 0 Å². The van der Waals surface area contributed by atoms with E-state index in [1.54, 1.807) is 12.1 Å². The maximum atomic E-state index is 10.4. The highest BCUT2D eigenvalue weighted by molar-refractivity contribution is 7.85. The van der Waals surface area contributed by atoms with Gasteiger partial charge in [0.2, 0.25) is 0 Å². The summed E-state index contributed by atoms with van der Waals surface area (Å²) in [7, 11) is 0.471. The van der Waals surface area contributed by atoms with Gasteiger partial charge in [0.25, 0.3) is 0 Å². The topological polar surface area (TPSA) is 57.2 Å². The molecule has 2 aromatic rings.